The van der Waals surface area contributed by atoms with Crippen molar-refractivity contribution in [3.8, 4) is 0 Å². The molecule has 6 nitrogen and oxygen atoms in total. The normalized spacial score (nSPS) is 9.60. The van der Waals surface area contributed by atoms with Crippen molar-refractivity contribution in [3.05, 3.63) is 34.9 Å². The highest BCUT2D eigenvalue weighted by atomic mass is 16.2. The molecule has 0 saturated carbocycles. The van der Waals surface area contributed by atoms with Crippen LogP contribution in [0.4, 0.5) is 0 Å². The molecule has 0 fully saturated rings. The molecule has 1 rings (SSSR count). The van der Waals surface area contributed by atoms with Crippen LogP contribution >= 0.6 is 0 Å². The van der Waals surface area contributed by atoms with Gasteiger partial charge < -0.3 is 17.2 Å². The summed E-state index contributed by atoms with van der Waals surface area (Å²) in [6.45, 7) is 0. The highest BCUT2D eigenvalue weighted by molar-refractivity contribution is 6.02. The Morgan fingerprint density at radius 3 is 1.53 bits per heavy atom. The van der Waals surface area contributed by atoms with E-state index < -0.39 is 17.7 Å². The third kappa shape index (κ3) is 2.31. The van der Waals surface area contributed by atoms with Crippen molar-refractivity contribution in [3.63, 3.8) is 0 Å². The molecule has 6 N–H and O–H groups in total. The van der Waals surface area contributed by atoms with Crippen LogP contribution in [0.15, 0.2) is 12.1 Å². The number of primary amides is 3. The molecule has 1 aromatic carbocycles. The average Bonchev–Trinajstić information content (AvgIpc) is 2.16. The first-order valence-electron chi connectivity index (χ1n) is 3.88. The second kappa shape index (κ2) is 3.79. The minimum Gasteiger partial charge on any atom is -0.366 e. The van der Waals surface area contributed by atoms with E-state index in [0.29, 0.717) is 0 Å². The van der Waals surface area contributed by atoms with Crippen LogP contribution in [-0.4, -0.2) is 17.7 Å². The molecule has 3 amide bonds. The van der Waals surface area contributed by atoms with Gasteiger partial charge in [-0.1, -0.05) is 0 Å². The fraction of sp³-hybridized carbons (Fsp3) is 0. The van der Waals surface area contributed by atoms with Crippen molar-refractivity contribution in [2.45, 2.75) is 0 Å². The molecule has 0 unspecified atom stereocenters. The minimum absolute atomic E-state index is 0.0173. The van der Waals surface area contributed by atoms with Crippen LogP contribution in [-0.2, 0) is 0 Å². The SMILES string of the molecule is NC(=O)c1[c]c(C(N)=O)cc(C(N)=O)c1. The Morgan fingerprint density at radius 2 is 1.27 bits per heavy atom. The van der Waals surface area contributed by atoms with E-state index in [1.807, 2.05) is 0 Å². The summed E-state index contributed by atoms with van der Waals surface area (Å²) < 4.78 is 0. The maximum Gasteiger partial charge on any atom is 0.249 e. The van der Waals surface area contributed by atoms with E-state index in [1.165, 1.54) is 0 Å². The van der Waals surface area contributed by atoms with Gasteiger partial charge >= 0.3 is 0 Å². The monoisotopic (exact) mass is 206 g/mol. The first-order valence-corrected chi connectivity index (χ1v) is 3.88. The quantitative estimate of drug-likeness (QED) is 0.573. The van der Waals surface area contributed by atoms with E-state index in [4.69, 9.17) is 17.2 Å². The van der Waals surface area contributed by atoms with Crippen molar-refractivity contribution in [2.24, 2.45) is 17.2 Å². The lowest BCUT2D eigenvalue weighted by Crippen LogP contribution is -2.19. The van der Waals surface area contributed by atoms with E-state index in [9.17, 15) is 14.4 Å². The Balaban J connectivity index is 3.39. The lowest BCUT2D eigenvalue weighted by molar-refractivity contribution is 0.0998. The molecule has 77 valence electrons. The molecule has 0 spiro atoms. The number of hydrogen-bond acceptors (Lipinski definition) is 3. The van der Waals surface area contributed by atoms with Crippen LogP contribution in [0.5, 0.6) is 0 Å². The number of hydrogen-bond donors (Lipinski definition) is 3. The van der Waals surface area contributed by atoms with Crippen molar-refractivity contribution >= 4 is 17.7 Å². The molecular formula is C9H8N3O3. The van der Waals surface area contributed by atoms with E-state index in [0.717, 1.165) is 12.1 Å². The summed E-state index contributed by atoms with van der Waals surface area (Å²) >= 11 is 0. The summed E-state index contributed by atoms with van der Waals surface area (Å²) in [6.07, 6.45) is 0. The number of carbonyl (C=O) groups is 3. The lowest BCUT2D eigenvalue weighted by Gasteiger charge is -2.02. The van der Waals surface area contributed by atoms with Gasteiger partial charge in [0.2, 0.25) is 17.7 Å². The van der Waals surface area contributed by atoms with Crippen molar-refractivity contribution < 1.29 is 14.4 Å². The Hall–Kier alpha value is -2.37. The standard InChI is InChI=1S/C9H8N3O3/c10-7(13)4-1-5(8(11)14)3-6(2-4)9(12)15/h1-2H,(H2,10,13)(H2,11,14)(H2,12,15). The molecule has 6 heteroatoms. The van der Waals surface area contributed by atoms with Crippen molar-refractivity contribution in [2.75, 3.05) is 0 Å². The summed E-state index contributed by atoms with van der Waals surface area (Å²) in [4.78, 5) is 32.5. The van der Waals surface area contributed by atoms with Gasteiger partial charge in [0.15, 0.2) is 0 Å². The van der Waals surface area contributed by atoms with Crippen LogP contribution in [0.25, 0.3) is 0 Å². The largest absolute Gasteiger partial charge is 0.366 e. The predicted octanol–water partition coefficient (Wildman–Crippen LogP) is -1.22. The molecule has 0 heterocycles. The molecule has 0 aliphatic carbocycles. The maximum atomic E-state index is 10.9. The van der Waals surface area contributed by atoms with E-state index in [1.54, 1.807) is 0 Å². The highest BCUT2D eigenvalue weighted by Gasteiger charge is 2.11. The van der Waals surface area contributed by atoms with Crippen LogP contribution < -0.4 is 17.2 Å². The molecule has 15 heavy (non-hydrogen) atoms. The van der Waals surface area contributed by atoms with Crippen LogP contribution in [0.2, 0.25) is 0 Å². The average molecular weight is 206 g/mol. The van der Waals surface area contributed by atoms with Gasteiger partial charge in [-0.25, -0.2) is 0 Å². The summed E-state index contributed by atoms with van der Waals surface area (Å²) in [5.41, 5.74) is 14.7. The van der Waals surface area contributed by atoms with Gasteiger partial charge in [0.25, 0.3) is 0 Å². The molecule has 0 bridgehead atoms. The first kappa shape index (κ1) is 10.7. The zero-order valence-electron chi connectivity index (χ0n) is 7.61. The molecule has 0 aromatic heterocycles. The Kier molecular flexibility index (Phi) is 2.70. The van der Waals surface area contributed by atoms with Gasteiger partial charge in [-0.3, -0.25) is 14.4 Å². The molecule has 0 atom stereocenters. The number of rotatable bonds is 3. The zero-order chi connectivity index (χ0) is 11.6. The van der Waals surface area contributed by atoms with Gasteiger partial charge in [0.1, 0.15) is 0 Å². The molecule has 0 aliphatic rings. The van der Waals surface area contributed by atoms with Gasteiger partial charge in [-0.15, -0.1) is 0 Å². The summed E-state index contributed by atoms with van der Waals surface area (Å²) in [5.74, 6) is -2.42. The number of nitrogens with two attached hydrogens (primary N) is 3. The Bertz CT molecular complexity index is 375. The second-order valence-corrected chi connectivity index (χ2v) is 2.79. The molecular weight excluding hydrogens is 198 g/mol. The van der Waals surface area contributed by atoms with Gasteiger partial charge in [-0.05, 0) is 12.1 Å². The second-order valence-electron chi connectivity index (χ2n) is 2.79. The maximum absolute atomic E-state index is 10.9. The summed E-state index contributed by atoms with van der Waals surface area (Å²) in [7, 11) is 0. The Morgan fingerprint density at radius 1 is 0.867 bits per heavy atom. The van der Waals surface area contributed by atoms with E-state index in [-0.39, 0.29) is 16.7 Å². The van der Waals surface area contributed by atoms with E-state index in [2.05, 4.69) is 6.07 Å². The van der Waals surface area contributed by atoms with Crippen molar-refractivity contribution in [1.82, 2.24) is 0 Å². The van der Waals surface area contributed by atoms with E-state index >= 15 is 0 Å². The summed E-state index contributed by atoms with van der Waals surface area (Å²) in [6, 6.07) is 4.68. The molecule has 1 aromatic rings. The number of amides is 3. The van der Waals surface area contributed by atoms with Crippen LogP contribution in [0.3, 0.4) is 0 Å². The third-order valence-electron chi connectivity index (χ3n) is 1.68. The number of benzene rings is 1. The predicted molar refractivity (Wildman–Crippen MR) is 50.8 cm³/mol. The van der Waals surface area contributed by atoms with Crippen LogP contribution in [0.1, 0.15) is 31.1 Å². The Labute approximate surface area is 85.0 Å². The summed E-state index contributed by atoms with van der Waals surface area (Å²) in [5, 5.41) is 0. The van der Waals surface area contributed by atoms with Crippen LogP contribution in [0, 0.1) is 6.07 Å². The molecule has 1 radical (unpaired) electrons. The highest BCUT2D eigenvalue weighted by Crippen LogP contribution is 2.08. The third-order valence-corrected chi connectivity index (χ3v) is 1.68. The minimum atomic E-state index is -0.819. The lowest BCUT2D eigenvalue weighted by atomic mass is 10.0. The topological polar surface area (TPSA) is 129 Å². The van der Waals surface area contributed by atoms with Crippen molar-refractivity contribution in [1.29, 1.82) is 0 Å². The fourth-order valence-corrected chi connectivity index (χ4v) is 0.978. The van der Waals surface area contributed by atoms with Gasteiger partial charge in [-0.2, -0.15) is 0 Å². The smallest absolute Gasteiger partial charge is 0.249 e. The van der Waals surface area contributed by atoms with Gasteiger partial charge in [0.05, 0.1) is 0 Å². The zero-order valence-corrected chi connectivity index (χ0v) is 7.61. The molecule has 0 saturated heterocycles. The van der Waals surface area contributed by atoms with Gasteiger partial charge in [0, 0.05) is 22.8 Å². The first-order chi connectivity index (χ1) is 6.91. The fourth-order valence-electron chi connectivity index (χ4n) is 0.978. The number of carbonyl (C=O) groups excluding carboxylic acids is 3. The molecule has 0 aliphatic heterocycles.